The first kappa shape index (κ1) is 22.1. The summed E-state index contributed by atoms with van der Waals surface area (Å²) in [6.07, 6.45) is 1.49. The highest BCUT2D eigenvalue weighted by atomic mass is 32.1. The highest BCUT2D eigenvalue weighted by Gasteiger charge is 2.55. The van der Waals surface area contributed by atoms with Crippen molar-refractivity contribution in [2.24, 2.45) is 11.8 Å². The molecular weight excluding hydrogens is 496 g/mol. The van der Waals surface area contributed by atoms with Crippen molar-refractivity contribution >= 4 is 34.2 Å². The van der Waals surface area contributed by atoms with Crippen molar-refractivity contribution in [2.75, 3.05) is 0 Å². The Labute approximate surface area is 223 Å². The highest BCUT2D eigenvalue weighted by molar-refractivity contribution is 7.15. The third kappa shape index (κ3) is 2.78. The molecule has 4 aliphatic carbocycles. The summed E-state index contributed by atoms with van der Waals surface area (Å²) in [5.41, 5.74) is 8.89. The van der Waals surface area contributed by atoms with E-state index < -0.39 is 0 Å². The number of nitrogens with zero attached hydrogens (tertiary/aromatic N) is 2. The summed E-state index contributed by atoms with van der Waals surface area (Å²) in [5, 5.41) is 1.86. The van der Waals surface area contributed by atoms with Gasteiger partial charge in [0.25, 0.3) is 0 Å². The molecule has 0 saturated heterocycles. The average molecular weight is 523 g/mol. The van der Waals surface area contributed by atoms with E-state index in [2.05, 4.69) is 62.2 Å². The number of hydrogen-bond donors (Lipinski definition) is 0. The van der Waals surface area contributed by atoms with Gasteiger partial charge in [-0.15, -0.1) is 22.7 Å². The molecule has 0 N–H and O–H groups in total. The van der Waals surface area contributed by atoms with E-state index in [1.807, 2.05) is 6.92 Å². The number of benzene rings is 2. The van der Waals surface area contributed by atoms with Crippen molar-refractivity contribution in [2.45, 2.75) is 57.8 Å². The quantitative estimate of drug-likeness (QED) is 0.260. The Bertz CT molecular complexity index is 1710. The number of Topliss-reactive ketones (excluding diaryl/α,β-unsaturated/α-hetero) is 2. The van der Waals surface area contributed by atoms with Gasteiger partial charge in [0.15, 0.2) is 11.6 Å². The van der Waals surface area contributed by atoms with E-state index in [-0.39, 0.29) is 40.7 Å². The minimum atomic E-state index is -0.0823. The van der Waals surface area contributed by atoms with Crippen LogP contribution >= 0.6 is 22.7 Å². The van der Waals surface area contributed by atoms with Crippen LogP contribution in [0.5, 0.6) is 0 Å². The molecule has 184 valence electrons. The molecule has 0 aliphatic heterocycles. The summed E-state index contributed by atoms with van der Waals surface area (Å²) < 4.78 is 0. The van der Waals surface area contributed by atoms with E-state index in [0.717, 1.165) is 38.2 Å². The first-order valence-corrected chi connectivity index (χ1v) is 14.7. The second kappa shape index (κ2) is 7.12. The molecule has 0 amide bonds. The summed E-state index contributed by atoms with van der Waals surface area (Å²) in [6.45, 7) is 8.70. The molecule has 6 heteroatoms. The van der Waals surface area contributed by atoms with Gasteiger partial charge >= 0.3 is 0 Å². The first-order valence-electron chi connectivity index (χ1n) is 13.0. The number of fused-ring (bicyclic) bond motifs is 9. The van der Waals surface area contributed by atoms with Gasteiger partial charge in [-0.2, -0.15) is 0 Å². The number of rotatable bonds is 1. The molecule has 37 heavy (non-hydrogen) atoms. The predicted octanol–water partition coefficient (Wildman–Crippen LogP) is 7.48. The number of thiazole rings is 2. The molecule has 2 heterocycles. The summed E-state index contributed by atoms with van der Waals surface area (Å²) >= 11 is 3.30. The lowest BCUT2D eigenvalue weighted by molar-refractivity contribution is 0.0786. The molecule has 0 bridgehead atoms. The van der Waals surface area contributed by atoms with Gasteiger partial charge in [-0.1, -0.05) is 49.7 Å². The van der Waals surface area contributed by atoms with Crippen LogP contribution in [0.15, 0.2) is 36.4 Å². The Balaban J connectivity index is 1.16. The average Bonchev–Trinajstić information content (AvgIpc) is 3.64. The molecule has 2 aromatic carbocycles. The number of hydrogen-bond acceptors (Lipinski definition) is 6. The third-order valence-corrected chi connectivity index (χ3v) is 11.6. The molecule has 4 unspecified atom stereocenters. The normalized spacial score (nSPS) is 25.9. The van der Waals surface area contributed by atoms with E-state index in [1.165, 1.54) is 27.8 Å². The summed E-state index contributed by atoms with van der Waals surface area (Å²) in [5.74, 6) is 0.518. The van der Waals surface area contributed by atoms with Crippen molar-refractivity contribution in [3.05, 3.63) is 79.2 Å². The number of aryl methyl sites for hydroxylation is 2. The Morgan fingerprint density at radius 3 is 2.05 bits per heavy atom. The van der Waals surface area contributed by atoms with Crippen LogP contribution in [-0.2, 0) is 5.41 Å². The zero-order chi connectivity index (χ0) is 25.4. The third-order valence-electron chi connectivity index (χ3n) is 9.29. The molecule has 1 fully saturated rings. The van der Waals surface area contributed by atoms with Crippen LogP contribution in [0.2, 0.25) is 0 Å². The molecule has 2 aromatic heterocycles. The minimum Gasteiger partial charge on any atom is -0.292 e. The Morgan fingerprint density at radius 2 is 1.35 bits per heavy atom. The van der Waals surface area contributed by atoms with E-state index in [0.29, 0.717) is 11.4 Å². The van der Waals surface area contributed by atoms with Gasteiger partial charge in [-0.05, 0) is 55.0 Å². The Kier molecular flexibility index (Phi) is 4.24. The molecule has 8 rings (SSSR count). The largest absolute Gasteiger partial charge is 0.292 e. The van der Waals surface area contributed by atoms with Gasteiger partial charge in [0.2, 0.25) is 0 Å². The molecule has 4 aliphatic rings. The van der Waals surface area contributed by atoms with Crippen LogP contribution < -0.4 is 0 Å². The first-order chi connectivity index (χ1) is 17.7. The summed E-state index contributed by atoms with van der Waals surface area (Å²) in [6, 6.07) is 13.4. The van der Waals surface area contributed by atoms with Crippen molar-refractivity contribution < 1.29 is 9.59 Å². The zero-order valence-corrected chi connectivity index (χ0v) is 22.8. The van der Waals surface area contributed by atoms with Gasteiger partial charge in [0, 0.05) is 44.4 Å². The fraction of sp³-hybridized carbons (Fsp3) is 0.355. The van der Waals surface area contributed by atoms with Gasteiger partial charge < -0.3 is 0 Å². The monoisotopic (exact) mass is 522 g/mol. The maximum Gasteiger partial charge on any atom is 0.186 e. The molecule has 4 aromatic rings. The summed E-state index contributed by atoms with van der Waals surface area (Å²) in [7, 11) is 0. The summed E-state index contributed by atoms with van der Waals surface area (Å²) in [4.78, 5) is 38.4. The van der Waals surface area contributed by atoms with Crippen LogP contribution in [0, 0.1) is 25.7 Å². The molecule has 0 spiro atoms. The van der Waals surface area contributed by atoms with Crippen LogP contribution in [0.4, 0.5) is 0 Å². The van der Waals surface area contributed by atoms with E-state index in [1.54, 1.807) is 22.7 Å². The van der Waals surface area contributed by atoms with Gasteiger partial charge in [-0.25, -0.2) is 9.97 Å². The molecule has 4 atom stereocenters. The standard InChI is InChI=1S/C31H26N2O2S2/c1-13-5-7-16-17-8-6-15(10-23(17)31(3,4)22(16)9-13)30-33-25-27(35)19-11-20-18(12-21(19)29(25)37-30)26(34)24-28(20)36-14(2)32-24/h5-10,18-21H,11-12H2,1-4H3. The zero-order valence-electron chi connectivity index (χ0n) is 21.2. The molecule has 1 saturated carbocycles. The maximum absolute atomic E-state index is 13.6. The van der Waals surface area contributed by atoms with Crippen molar-refractivity contribution in [1.29, 1.82) is 0 Å². The Hall–Kier alpha value is -2.96. The van der Waals surface area contributed by atoms with Gasteiger partial charge in [-0.3, -0.25) is 9.59 Å². The van der Waals surface area contributed by atoms with Crippen LogP contribution in [-0.4, -0.2) is 21.5 Å². The lowest BCUT2D eigenvalue weighted by Gasteiger charge is -2.33. The molecular formula is C31H26N2O2S2. The molecule has 4 nitrogen and oxygen atoms in total. The SMILES string of the molecule is Cc1ccc2c(c1)C(C)(C)c1cc(-c3nc4c(s3)C3CC5C(=O)c6nc(C)sc6C5CC3C4=O)ccc1-2. The number of aromatic nitrogens is 2. The second-order valence-electron chi connectivity index (χ2n) is 11.7. The minimum absolute atomic E-state index is 0.0392. The number of ketones is 2. The van der Waals surface area contributed by atoms with Crippen molar-refractivity contribution in [1.82, 2.24) is 9.97 Å². The van der Waals surface area contributed by atoms with Gasteiger partial charge in [0.05, 0.1) is 5.01 Å². The lowest BCUT2D eigenvalue weighted by atomic mass is 9.70. The fourth-order valence-corrected chi connectivity index (χ4v) is 9.81. The van der Waals surface area contributed by atoms with Gasteiger partial charge in [0.1, 0.15) is 16.4 Å². The van der Waals surface area contributed by atoms with Crippen LogP contribution in [0.1, 0.15) is 91.0 Å². The lowest BCUT2D eigenvalue weighted by Crippen LogP contribution is -2.30. The van der Waals surface area contributed by atoms with E-state index in [4.69, 9.17) is 4.98 Å². The Morgan fingerprint density at radius 1 is 0.757 bits per heavy atom. The van der Waals surface area contributed by atoms with Crippen molar-refractivity contribution in [3.8, 4) is 21.7 Å². The highest BCUT2D eigenvalue weighted by Crippen LogP contribution is 2.59. The maximum atomic E-state index is 13.6. The van der Waals surface area contributed by atoms with Crippen molar-refractivity contribution in [3.63, 3.8) is 0 Å². The number of carbonyl (C=O) groups excluding carboxylic acids is 2. The van der Waals surface area contributed by atoms with E-state index >= 15 is 0 Å². The second-order valence-corrected chi connectivity index (χ2v) is 14.0. The smallest absolute Gasteiger partial charge is 0.186 e. The predicted molar refractivity (Wildman–Crippen MR) is 147 cm³/mol. The topological polar surface area (TPSA) is 59.9 Å². The molecule has 0 radical (unpaired) electrons. The fourth-order valence-electron chi connectivity index (χ4n) is 7.45. The van der Waals surface area contributed by atoms with Crippen LogP contribution in [0.25, 0.3) is 21.7 Å². The van der Waals surface area contributed by atoms with E-state index in [9.17, 15) is 9.59 Å². The number of carbonyl (C=O) groups is 2. The van der Waals surface area contributed by atoms with Crippen LogP contribution in [0.3, 0.4) is 0 Å².